The lowest BCUT2D eigenvalue weighted by molar-refractivity contribution is 0.189. The molecular weight excluding hydrogens is 242 g/mol. The molecule has 1 saturated heterocycles. The van der Waals surface area contributed by atoms with Gasteiger partial charge in [-0.25, -0.2) is 4.79 Å². The number of benzene rings is 1. The molecular formula is C14H19N3O2. The van der Waals surface area contributed by atoms with Crippen molar-refractivity contribution in [3.8, 4) is 0 Å². The maximum atomic E-state index is 11.8. The van der Waals surface area contributed by atoms with Crippen LogP contribution in [-0.2, 0) is 17.7 Å². The van der Waals surface area contributed by atoms with Gasteiger partial charge in [0.2, 0.25) is 0 Å². The molecule has 5 nitrogen and oxygen atoms in total. The van der Waals surface area contributed by atoms with Crippen LogP contribution in [0.1, 0.15) is 17.5 Å². The van der Waals surface area contributed by atoms with Gasteiger partial charge in [0.05, 0.1) is 12.6 Å². The van der Waals surface area contributed by atoms with Crippen molar-refractivity contribution in [1.82, 2.24) is 10.6 Å². The lowest BCUT2D eigenvalue weighted by atomic mass is 10.0. The lowest BCUT2D eigenvalue weighted by Crippen LogP contribution is -2.38. The largest absolute Gasteiger partial charge is 0.379 e. The van der Waals surface area contributed by atoms with Gasteiger partial charge >= 0.3 is 6.03 Å². The fourth-order valence-corrected chi connectivity index (χ4v) is 2.56. The normalized spacial score (nSPS) is 21.8. The van der Waals surface area contributed by atoms with Gasteiger partial charge in [-0.2, -0.15) is 0 Å². The number of hydrogen-bond donors (Lipinski definition) is 3. The Balaban J connectivity index is 1.61. The Morgan fingerprint density at radius 1 is 1.37 bits per heavy atom. The van der Waals surface area contributed by atoms with Crippen molar-refractivity contribution >= 4 is 11.7 Å². The number of hydrogen-bond acceptors (Lipinski definition) is 3. The predicted octanol–water partition coefficient (Wildman–Crippen LogP) is 1.24. The molecule has 0 bridgehead atoms. The molecule has 5 heteroatoms. The monoisotopic (exact) mass is 261 g/mol. The summed E-state index contributed by atoms with van der Waals surface area (Å²) in [5, 5.41) is 9.14. The third-order valence-electron chi connectivity index (χ3n) is 3.62. The molecule has 1 unspecified atom stereocenters. The average Bonchev–Trinajstić information content (AvgIpc) is 2.91. The van der Waals surface area contributed by atoms with Crippen LogP contribution in [0.4, 0.5) is 10.5 Å². The third kappa shape index (κ3) is 3.05. The highest BCUT2D eigenvalue weighted by Gasteiger charge is 2.18. The summed E-state index contributed by atoms with van der Waals surface area (Å²) in [5.41, 5.74) is 3.49. The first-order valence-electron chi connectivity index (χ1n) is 6.79. The smallest absolute Gasteiger partial charge is 0.319 e. The van der Waals surface area contributed by atoms with E-state index in [1.165, 1.54) is 11.1 Å². The quantitative estimate of drug-likeness (QED) is 0.750. The summed E-state index contributed by atoms with van der Waals surface area (Å²) in [7, 11) is 0. The minimum atomic E-state index is -0.154. The second kappa shape index (κ2) is 5.59. The molecule has 0 spiro atoms. The van der Waals surface area contributed by atoms with Crippen LogP contribution in [0.25, 0.3) is 0 Å². The van der Waals surface area contributed by atoms with Crippen molar-refractivity contribution in [2.75, 3.05) is 25.1 Å². The summed E-state index contributed by atoms with van der Waals surface area (Å²) >= 11 is 0. The molecule has 1 aromatic rings. The van der Waals surface area contributed by atoms with Gasteiger partial charge in [0, 0.05) is 18.8 Å². The number of ether oxygens (including phenoxy) is 1. The van der Waals surface area contributed by atoms with Gasteiger partial charge in [-0.3, -0.25) is 0 Å². The fourth-order valence-electron chi connectivity index (χ4n) is 2.56. The summed E-state index contributed by atoms with van der Waals surface area (Å²) < 4.78 is 5.23. The first-order chi connectivity index (χ1) is 9.31. The fraction of sp³-hybridized carbons (Fsp3) is 0.500. The Bertz CT molecular complexity index is 470. The number of rotatable bonds is 2. The topological polar surface area (TPSA) is 62.4 Å². The zero-order valence-electron chi connectivity index (χ0n) is 10.9. The van der Waals surface area contributed by atoms with E-state index < -0.39 is 0 Å². The molecule has 2 aliphatic heterocycles. The Morgan fingerprint density at radius 2 is 2.32 bits per heavy atom. The molecule has 0 radical (unpaired) electrons. The number of carbonyl (C=O) groups is 1. The highest BCUT2D eigenvalue weighted by atomic mass is 16.5. The minimum Gasteiger partial charge on any atom is -0.379 e. The SMILES string of the molecule is O=C(Nc1ccc2c(c1)CNCC2)NC1CCOC1. The van der Waals surface area contributed by atoms with Crippen molar-refractivity contribution in [1.29, 1.82) is 0 Å². The molecule has 2 heterocycles. The zero-order valence-corrected chi connectivity index (χ0v) is 10.9. The second-order valence-electron chi connectivity index (χ2n) is 5.07. The number of amides is 2. The van der Waals surface area contributed by atoms with Crippen LogP contribution in [0.5, 0.6) is 0 Å². The molecule has 1 fully saturated rings. The maximum Gasteiger partial charge on any atom is 0.319 e. The molecule has 1 aromatic carbocycles. The number of nitrogens with one attached hydrogen (secondary N) is 3. The van der Waals surface area contributed by atoms with Gasteiger partial charge < -0.3 is 20.7 Å². The molecule has 0 aromatic heterocycles. The van der Waals surface area contributed by atoms with Gasteiger partial charge in [0.15, 0.2) is 0 Å². The van der Waals surface area contributed by atoms with Crippen LogP contribution in [-0.4, -0.2) is 31.8 Å². The van der Waals surface area contributed by atoms with Gasteiger partial charge in [-0.15, -0.1) is 0 Å². The summed E-state index contributed by atoms with van der Waals surface area (Å²) in [5.74, 6) is 0. The van der Waals surface area contributed by atoms with Crippen molar-refractivity contribution in [2.45, 2.75) is 25.4 Å². The standard InChI is InChI=1S/C14H19N3O2/c18-14(17-13-4-6-19-9-13)16-12-2-1-10-3-5-15-8-11(10)7-12/h1-2,7,13,15H,3-6,8-9H2,(H2,16,17,18). The van der Waals surface area contributed by atoms with Gasteiger partial charge in [0.25, 0.3) is 0 Å². The summed E-state index contributed by atoms with van der Waals surface area (Å²) in [6.07, 6.45) is 1.95. The Morgan fingerprint density at radius 3 is 3.16 bits per heavy atom. The van der Waals surface area contributed by atoms with E-state index in [4.69, 9.17) is 4.74 Å². The van der Waals surface area contributed by atoms with E-state index in [1.807, 2.05) is 12.1 Å². The molecule has 102 valence electrons. The van der Waals surface area contributed by atoms with Crippen LogP contribution in [0.2, 0.25) is 0 Å². The first-order valence-corrected chi connectivity index (χ1v) is 6.79. The highest BCUT2D eigenvalue weighted by Crippen LogP contribution is 2.19. The van der Waals surface area contributed by atoms with E-state index in [1.54, 1.807) is 0 Å². The second-order valence-corrected chi connectivity index (χ2v) is 5.07. The highest BCUT2D eigenvalue weighted by molar-refractivity contribution is 5.89. The van der Waals surface area contributed by atoms with E-state index in [2.05, 4.69) is 22.0 Å². The zero-order chi connectivity index (χ0) is 13.1. The van der Waals surface area contributed by atoms with Gasteiger partial charge in [-0.1, -0.05) is 6.07 Å². The van der Waals surface area contributed by atoms with Crippen LogP contribution >= 0.6 is 0 Å². The molecule has 0 saturated carbocycles. The first kappa shape index (κ1) is 12.4. The number of urea groups is 1. The average molecular weight is 261 g/mol. The summed E-state index contributed by atoms with van der Waals surface area (Å²) in [6, 6.07) is 6.10. The van der Waals surface area contributed by atoms with Crippen molar-refractivity contribution in [3.63, 3.8) is 0 Å². The number of carbonyl (C=O) groups excluding carboxylic acids is 1. The third-order valence-corrected chi connectivity index (χ3v) is 3.62. The molecule has 2 amide bonds. The van der Waals surface area contributed by atoms with Crippen LogP contribution < -0.4 is 16.0 Å². The van der Waals surface area contributed by atoms with Crippen LogP contribution in [0, 0.1) is 0 Å². The Hall–Kier alpha value is -1.59. The lowest BCUT2D eigenvalue weighted by Gasteiger charge is -2.18. The molecule has 3 rings (SSSR count). The molecule has 1 atom stereocenters. The van der Waals surface area contributed by atoms with Gasteiger partial charge in [-0.05, 0) is 42.6 Å². The minimum absolute atomic E-state index is 0.138. The van der Waals surface area contributed by atoms with Crippen molar-refractivity contribution in [2.24, 2.45) is 0 Å². The molecule has 0 aliphatic carbocycles. The summed E-state index contributed by atoms with van der Waals surface area (Å²) in [4.78, 5) is 11.8. The Labute approximate surface area is 112 Å². The van der Waals surface area contributed by atoms with Gasteiger partial charge in [0.1, 0.15) is 0 Å². The van der Waals surface area contributed by atoms with E-state index in [0.29, 0.717) is 6.61 Å². The van der Waals surface area contributed by atoms with Crippen molar-refractivity contribution in [3.05, 3.63) is 29.3 Å². The Kier molecular flexibility index (Phi) is 3.66. The predicted molar refractivity (Wildman–Crippen MR) is 73.2 cm³/mol. The number of anilines is 1. The van der Waals surface area contributed by atoms with E-state index in [0.717, 1.165) is 38.2 Å². The molecule has 3 N–H and O–H groups in total. The van der Waals surface area contributed by atoms with Crippen LogP contribution in [0.15, 0.2) is 18.2 Å². The molecule has 19 heavy (non-hydrogen) atoms. The van der Waals surface area contributed by atoms with E-state index >= 15 is 0 Å². The van der Waals surface area contributed by atoms with Crippen molar-refractivity contribution < 1.29 is 9.53 Å². The van der Waals surface area contributed by atoms with E-state index in [-0.39, 0.29) is 12.1 Å². The maximum absolute atomic E-state index is 11.8. The molecule has 2 aliphatic rings. The van der Waals surface area contributed by atoms with E-state index in [9.17, 15) is 4.79 Å². The number of fused-ring (bicyclic) bond motifs is 1. The van der Waals surface area contributed by atoms with Crippen LogP contribution in [0.3, 0.4) is 0 Å². The summed E-state index contributed by atoms with van der Waals surface area (Å²) in [6.45, 7) is 3.25.